The van der Waals surface area contributed by atoms with Crippen LogP contribution in [0.3, 0.4) is 0 Å². The number of aromatic nitrogens is 2. The van der Waals surface area contributed by atoms with Gasteiger partial charge in [0, 0.05) is 14.1 Å². The Balaban J connectivity index is 3.10. The van der Waals surface area contributed by atoms with Gasteiger partial charge >= 0.3 is 5.97 Å². The zero-order chi connectivity index (χ0) is 15.4. The highest BCUT2D eigenvalue weighted by atomic mass is 16.5. The molecule has 0 radical (unpaired) electrons. The Kier molecular flexibility index (Phi) is 5.01. The van der Waals surface area contributed by atoms with Crippen LogP contribution in [-0.4, -0.2) is 46.8 Å². The molecule has 0 aliphatic heterocycles. The minimum Gasteiger partial charge on any atom is -0.465 e. The second kappa shape index (κ2) is 6.31. The number of ether oxygens (including phenoxy) is 1. The molecule has 7 nitrogen and oxygen atoms in total. The molecule has 0 fully saturated rings. The zero-order valence-corrected chi connectivity index (χ0v) is 12.4. The molecule has 1 aromatic rings. The summed E-state index contributed by atoms with van der Waals surface area (Å²) in [5, 5.41) is 4.01. The van der Waals surface area contributed by atoms with Gasteiger partial charge in [-0.25, -0.2) is 4.68 Å². The molecule has 0 aliphatic rings. The number of likely N-dealkylation sites (N-methyl/N-ethyl adjacent to an activating group) is 1. The first-order chi connectivity index (χ1) is 9.29. The third-order valence-electron chi connectivity index (χ3n) is 2.96. The molecular formula is C13H19N3O4. The van der Waals surface area contributed by atoms with E-state index in [1.807, 2.05) is 0 Å². The first kappa shape index (κ1) is 15.9. The zero-order valence-electron chi connectivity index (χ0n) is 12.4. The van der Waals surface area contributed by atoms with E-state index in [0.717, 1.165) is 4.68 Å². The van der Waals surface area contributed by atoms with Crippen LogP contribution >= 0.6 is 0 Å². The quantitative estimate of drug-likeness (QED) is 0.727. The van der Waals surface area contributed by atoms with E-state index < -0.39 is 17.4 Å². The molecular weight excluding hydrogens is 262 g/mol. The van der Waals surface area contributed by atoms with E-state index in [4.69, 9.17) is 4.74 Å². The molecule has 20 heavy (non-hydrogen) atoms. The highest BCUT2D eigenvalue weighted by Crippen LogP contribution is 2.08. The fourth-order valence-electron chi connectivity index (χ4n) is 1.76. The lowest BCUT2D eigenvalue weighted by atomic mass is 10.1. The van der Waals surface area contributed by atoms with E-state index in [0.29, 0.717) is 11.3 Å². The van der Waals surface area contributed by atoms with Gasteiger partial charge in [0.05, 0.1) is 12.3 Å². The summed E-state index contributed by atoms with van der Waals surface area (Å²) in [5.41, 5.74) is 0.675. The van der Waals surface area contributed by atoms with Gasteiger partial charge in [-0.1, -0.05) is 0 Å². The maximum atomic E-state index is 12.3. The second-order valence-corrected chi connectivity index (χ2v) is 4.48. The van der Waals surface area contributed by atoms with E-state index >= 15 is 0 Å². The smallest absolute Gasteiger partial charge is 0.325 e. The number of amides is 1. The van der Waals surface area contributed by atoms with Crippen molar-refractivity contribution in [3.8, 4) is 0 Å². The van der Waals surface area contributed by atoms with Gasteiger partial charge in [-0.05, 0) is 26.3 Å². The standard InChI is InChI=1S/C13H19N3O4/c1-6-20-10(17)7-15(4)12(18)11-8(2)9(3)14-16(5)13(11)19/h6-7H2,1-5H3. The minimum atomic E-state index is -0.512. The summed E-state index contributed by atoms with van der Waals surface area (Å²) < 4.78 is 5.90. The molecule has 0 atom stereocenters. The van der Waals surface area contributed by atoms with Crippen LogP contribution in [-0.2, 0) is 16.6 Å². The Morgan fingerprint density at radius 1 is 1.35 bits per heavy atom. The predicted octanol–water partition coefficient (Wildman–Crippen LogP) is 0.0322. The van der Waals surface area contributed by atoms with Crippen LogP contribution in [0.2, 0.25) is 0 Å². The van der Waals surface area contributed by atoms with Crippen molar-refractivity contribution < 1.29 is 14.3 Å². The SMILES string of the molecule is CCOC(=O)CN(C)C(=O)c1c(C)c(C)nn(C)c1=O. The van der Waals surface area contributed by atoms with Crippen LogP contribution in [0.4, 0.5) is 0 Å². The Labute approximate surface area is 117 Å². The predicted molar refractivity (Wildman–Crippen MR) is 72.5 cm³/mol. The van der Waals surface area contributed by atoms with Crippen molar-refractivity contribution in [2.75, 3.05) is 20.2 Å². The first-order valence-corrected chi connectivity index (χ1v) is 6.25. The summed E-state index contributed by atoms with van der Waals surface area (Å²) in [7, 11) is 2.94. The molecule has 1 aromatic heterocycles. The molecule has 0 unspecified atom stereocenters. The van der Waals surface area contributed by atoms with Crippen molar-refractivity contribution >= 4 is 11.9 Å². The van der Waals surface area contributed by atoms with Gasteiger partial charge in [-0.15, -0.1) is 0 Å². The third kappa shape index (κ3) is 3.23. The number of esters is 1. The third-order valence-corrected chi connectivity index (χ3v) is 2.96. The fraction of sp³-hybridized carbons (Fsp3) is 0.538. The Hall–Kier alpha value is -2.18. The Morgan fingerprint density at radius 3 is 2.50 bits per heavy atom. The molecule has 1 heterocycles. The van der Waals surface area contributed by atoms with Gasteiger partial charge in [0.1, 0.15) is 12.1 Å². The molecule has 1 amide bonds. The van der Waals surface area contributed by atoms with Crippen LogP contribution < -0.4 is 5.56 Å². The summed E-state index contributed by atoms with van der Waals surface area (Å²) in [6.45, 7) is 5.12. The van der Waals surface area contributed by atoms with Crippen molar-refractivity contribution in [3.05, 3.63) is 27.2 Å². The van der Waals surface area contributed by atoms with E-state index in [1.165, 1.54) is 19.0 Å². The Morgan fingerprint density at radius 2 is 1.95 bits per heavy atom. The molecule has 0 N–H and O–H groups in total. The van der Waals surface area contributed by atoms with E-state index in [-0.39, 0.29) is 18.7 Å². The molecule has 0 saturated carbocycles. The van der Waals surface area contributed by atoms with Crippen molar-refractivity contribution in [1.29, 1.82) is 0 Å². The lowest BCUT2D eigenvalue weighted by molar-refractivity contribution is -0.143. The van der Waals surface area contributed by atoms with Crippen LogP contribution in [0.5, 0.6) is 0 Å². The molecule has 0 bridgehead atoms. The molecule has 7 heteroatoms. The lowest BCUT2D eigenvalue weighted by Crippen LogP contribution is -2.39. The van der Waals surface area contributed by atoms with Gasteiger partial charge in [0.25, 0.3) is 11.5 Å². The van der Waals surface area contributed by atoms with Gasteiger partial charge in [0.15, 0.2) is 0 Å². The van der Waals surface area contributed by atoms with E-state index in [9.17, 15) is 14.4 Å². The van der Waals surface area contributed by atoms with E-state index in [2.05, 4.69) is 5.10 Å². The van der Waals surface area contributed by atoms with Crippen LogP contribution in [0.15, 0.2) is 4.79 Å². The molecule has 110 valence electrons. The summed E-state index contributed by atoms with van der Waals surface area (Å²) in [4.78, 5) is 36.9. The number of carbonyl (C=O) groups excluding carboxylic acids is 2. The van der Waals surface area contributed by atoms with Crippen molar-refractivity contribution in [3.63, 3.8) is 0 Å². The van der Waals surface area contributed by atoms with Crippen LogP contribution in [0.1, 0.15) is 28.5 Å². The number of hydrogen-bond donors (Lipinski definition) is 0. The molecule has 0 spiro atoms. The highest BCUT2D eigenvalue weighted by molar-refractivity contribution is 5.96. The van der Waals surface area contributed by atoms with Crippen LogP contribution in [0.25, 0.3) is 0 Å². The van der Waals surface area contributed by atoms with Crippen molar-refractivity contribution in [1.82, 2.24) is 14.7 Å². The summed E-state index contributed by atoms with van der Waals surface area (Å²) in [6.07, 6.45) is 0. The first-order valence-electron chi connectivity index (χ1n) is 6.25. The van der Waals surface area contributed by atoms with E-state index in [1.54, 1.807) is 20.8 Å². The average Bonchev–Trinajstić information content (AvgIpc) is 2.36. The largest absolute Gasteiger partial charge is 0.465 e. The average molecular weight is 281 g/mol. The van der Waals surface area contributed by atoms with Gasteiger partial charge < -0.3 is 9.64 Å². The monoisotopic (exact) mass is 281 g/mol. The Bertz CT molecular complexity index is 592. The molecule has 1 rings (SSSR count). The van der Waals surface area contributed by atoms with Crippen molar-refractivity contribution in [2.45, 2.75) is 20.8 Å². The summed E-state index contributed by atoms with van der Waals surface area (Å²) >= 11 is 0. The van der Waals surface area contributed by atoms with Crippen LogP contribution in [0, 0.1) is 13.8 Å². The number of hydrogen-bond acceptors (Lipinski definition) is 5. The van der Waals surface area contributed by atoms with Gasteiger partial charge in [0.2, 0.25) is 0 Å². The molecule has 0 aliphatic carbocycles. The summed E-state index contributed by atoms with van der Waals surface area (Å²) in [5.74, 6) is -1.02. The number of carbonyl (C=O) groups is 2. The minimum absolute atomic E-state index is 0.0341. The summed E-state index contributed by atoms with van der Waals surface area (Å²) in [6, 6.07) is 0. The number of rotatable bonds is 4. The van der Waals surface area contributed by atoms with Gasteiger partial charge in [-0.2, -0.15) is 5.10 Å². The topological polar surface area (TPSA) is 81.5 Å². The fourth-order valence-corrected chi connectivity index (χ4v) is 1.76. The molecule has 0 saturated heterocycles. The lowest BCUT2D eigenvalue weighted by Gasteiger charge is -2.17. The number of aryl methyl sites for hydroxylation is 2. The normalized spacial score (nSPS) is 10.2. The highest BCUT2D eigenvalue weighted by Gasteiger charge is 2.22. The van der Waals surface area contributed by atoms with Gasteiger partial charge in [-0.3, -0.25) is 14.4 Å². The molecule has 0 aromatic carbocycles. The van der Waals surface area contributed by atoms with Crippen molar-refractivity contribution in [2.24, 2.45) is 7.05 Å². The second-order valence-electron chi connectivity index (χ2n) is 4.48. The maximum absolute atomic E-state index is 12.3. The number of nitrogens with zero attached hydrogens (tertiary/aromatic N) is 3. The maximum Gasteiger partial charge on any atom is 0.325 e.